The standard InChI is InChI=1S/C15H23NO3S/c1-12(8-10-17)20-11-9-15(16,14(18)19-2)13-6-4-3-5-7-13/h3-7,12,17H,8-11,16H2,1-2H3. The molecule has 1 aromatic carbocycles. The molecule has 0 amide bonds. The SMILES string of the molecule is COC(=O)C(N)(CCSC(C)CCO)c1ccccc1. The van der Waals surface area contributed by atoms with Crippen LogP contribution in [0.15, 0.2) is 30.3 Å². The molecule has 0 heterocycles. The summed E-state index contributed by atoms with van der Waals surface area (Å²) in [5.74, 6) is 0.320. The molecule has 5 heteroatoms. The third-order valence-corrected chi connectivity index (χ3v) is 4.52. The lowest BCUT2D eigenvalue weighted by Gasteiger charge is -2.27. The molecule has 1 rings (SSSR count). The number of carbonyl (C=O) groups excluding carboxylic acids is 1. The number of aliphatic hydroxyl groups is 1. The van der Waals surface area contributed by atoms with Gasteiger partial charge in [-0.25, -0.2) is 4.79 Å². The average Bonchev–Trinajstić information content (AvgIpc) is 2.47. The summed E-state index contributed by atoms with van der Waals surface area (Å²) in [5, 5.41) is 9.23. The molecule has 20 heavy (non-hydrogen) atoms. The highest BCUT2D eigenvalue weighted by Crippen LogP contribution is 2.27. The van der Waals surface area contributed by atoms with Crippen molar-refractivity contribution >= 4 is 17.7 Å². The van der Waals surface area contributed by atoms with Gasteiger partial charge in [0, 0.05) is 11.9 Å². The van der Waals surface area contributed by atoms with Crippen LogP contribution in [0.5, 0.6) is 0 Å². The van der Waals surface area contributed by atoms with Crippen LogP contribution < -0.4 is 5.73 Å². The minimum atomic E-state index is -1.11. The van der Waals surface area contributed by atoms with Crippen molar-refractivity contribution in [1.82, 2.24) is 0 Å². The van der Waals surface area contributed by atoms with Gasteiger partial charge in [-0.2, -0.15) is 11.8 Å². The van der Waals surface area contributed by atoms with E-state index in [1.54, 1.807) is 11.8 Å². The molecule has 0 radical (unpaired) electrons. The zero-order chi connectivity index (χ0) is 15.0. The van der Waals surface area contributed by atoms with Gasteiger partial charge >= 0.3 is 5.97 Å². The fourth-order valence-electron chi connectivity index (χ4n) is 1.97. The van der Waals surface area contributed by atoms with Gasteiger partial charge in [0.05, 0.1) is 7.11 Å². The fourth-order valence-corrected chi connectivity index (χ4v) is 3.08. The first-order valence-corrected chi connectivity index (χ1v) is 7.74. The molecule has 4 nitrogen and oxygen atoms in total. The van der Waals surface area contributed by atoms with Gasteiger partial charge in [-0.3, -0.25) is 0 Å². The maximum absolute atomic E-state index is 12.0. The molecular weight excluding hydrogens is 274 g/mol. The highest BCUT2D eigenvalue weighted by atomic mass is 32.2. The quantitative estimate of drug-likeness (QED) is 0.717. The van der Waals surface area contributed by atoms with Crippen molar-refractivity contribution in [1.29, 1.82) is 0 Å². The third-order valence-electron chi connectivity index (χ3n) is 3.27. The fraction of sp³-hybridized carbons (Fsp3) is 0.533. The van der Waals surface area contributed by atoms with Crippen LogP contribution in [0.4, 0.5) is 0 Å². The summed E-state index contributed by atoms with van der Waals surface area (Å²) in [7, 11) is 1.36. The Hall–Kier alpha value is -1.04. The monoisotopic (exact) mass is 297 g/mol. The summed E-state index contributed by atoms with van der Waals surface area (Å²) in [5.41, 5.74) is 5.95. The van der Waals surface area contributed by atoms with Crippen molar-refractivity contribution in [2.45, 2.75) is 30.6 Å². The number of nitrogens with two attached hydrogens (primary N) is 1. The number of esters is 1. The van der Waals surface area contributed by atoms with E-state index in [-0.39, 0.29) is 6.61 Å². The molecule has 0 fully saturated rings. The maximum Gasteiger partial charge on any atom is 0.330 e. The van der Waals surface area contributed by atoms with E-state index in [2.05, 4.69) is 6.92 Å². The van der Waals surface area contributed by atoms with Crippen molar-refractivity contribution < 1.29 is 14.6 Å². The number of hydrogen-bond acceptors (Lipinski definition) is 5. The van der Waals surface area contributed by atoms with Crippen LogP contribution in [0, 0.1) is 0 Å². The second kappa shape index (κ2) is 8.29. The van der Waals surface area contributed by atoms with Crippen LogP contribution in [0.25, 0.3) is 0 Å². The summed E-state index contributed by atoms with van der Waals surface area (Å²) < 4.78 is 4.86. The molecule has 0 aliphatic rings. The molecular formula is C15H23NO3S. The Morgan fingerprint density at radius 1 is 1.45 bits per heavy atom. The van der Waals surface area contributed by atoms with Crippen molar-refractivity contribution in [3.05, 3.63) is 35.9 Å². The van der Waals surface area contributed by atoms with Crippen molar-refractivity contribution in [3.8, 4) is 0 Å². The smallest absolute Gasteiger partial charge is 0.330 e. The molecule has 2 unspecified atom stereocenters. The Balaban J connectivity index is 2.73. The minimum absolute atomic E-state index is 0.178. The second-order valence-electron chi connectivity index (χ2n) is 4.77. The predicted octanol–water partition coefficient (Wildman–Crippen LogP) is 1.91. The Bertz CT molecular complexity index is 413. The molecule has 0 saturated carbocycles. The average molecular weight is 297 g/mol. The van der Waals surface area contributed by atoms with Gasteiger partial charge in [0.2, 0.25) is 0 Å². The van der Waals surface area contributed by atoms with Crippen LogP contribution in [0.2, 0.25) is 0 Å². The summed E-state index contributed by atoms with van der Waals surface area (Å²) >= 11 is 1.70. The second-order valence-corrected chi connectivity index (χ2v) is 6.32. The van der Waals surface area contributed by atoms with Crippen molar-refractivity contribution in [2.24, 2.45) is 5.73 Å². The maximum atomic E-state index is 12.0. The first-order valence-electron chi connectivity index (χ1n) is 6.70. The first kappa shape index (κ1) is 17.0. The molecule has 2 atom stereocenters. The van der Waals surface area contributed by atoms with Crippen LogP contribution in [-0.4, -0.2) is 35.8 Å². The highest BCUT2D eigenvalue weighted by molar-refractivity contribution is 7.99. The van der Waals surface area contributed by atoms with E-state index in [1.165, 1.54) is 7.11 Å². The Morgan fingerprint density at radius 2 is 2.10 bits per heavy atom. The zero-order valence-corrected chi connectivity index (χ0v) is 12.9. The summed E-state index contributed by atoms with van der Waals surface area (Å²) in [4.78, 5) is 12.0. The van der Waals surface area contributed by atoms with E-state index in [0.29, 0.717) is 11.7 Å². The number of ether oxygens (including phenoxy) is 1. The van der Waals surface area contributed by atoms with E-state index >= 15 is 0 Å². The van der Waals surface area contributed by atoms with E-state index in [0.717, 1.165) is 17.7 Å². The van der Waals surface area contributed by atoms with E-state index < -0.39 is 11.5 Å². The van der Waals surface area contributed by atoms with Gasteiger partial charge < -0.3 is 15.6 Å². The number of benzene rings is 1. The molecule has 0 spiro atoms. The Labute approximate surface area is 124 Å². The molecule has 0 aliphatic heterocycles. The largest absolute Gasteiger partial charge is 0.467 e. The molecule has 0 aromatic heterocycles. The van der Waals surface area contributed by atoms with E-state index in [1.807, 2.05) is 30.3 Å². The number of hydrogen-bond donors (Lipinski definition) is 2. The van der Waals surface area contributed by atoms with E-state index in [9.17, 15) is 4.79 Å². The minimum Gasteiger partial charge on any atom is -0.467 e. The van der Waals surface area contributed by atoms with Crippen LogP contribution in [0.1, 0.15) is 25.3 Å². The lowest BCUT2D eigenvalue weighted by molar-refractivity contribution is -0.147. The molecule has 0 saturated heterocycles. The number of thioether (sulfide) groups is 1. The van der Waals surface area contributed by atoms with Gasteiger partial charge in [0.15, 0.2) is 0 Å². The van der Waals surface area contributed by atoms with Gasteiger partial charge in [-0.15, -0.1) is 0 Å². The van der Waals surface area contributed by atoms with Crippen LogP contribution >= 0.6 is 11.8 Å². The molecule has 0 bridgehead atoms. The Morgan fingerprint density at radius 3 is 2.65 bits per heavy atom. The van der Waals surface area contributed by atoms with Crippen molar-refractivity contribution in [3.63, 3.8) is 0 Å². The normalized spacial score (nSPS) is 15.4. The number of carbonyl (C=O) groups is 1. The molecule has 112 valence electrons. The summed E-state index contributed by atoms with van der Waals surface area (Å²) in [6.45, 7) is 2.23. The highest BCUT2D eigenvalue weighted by Gasteiger charge is 2.36. The lowest BCUT2D eigenvalue weighted by atomic mass is 9.88. The molecule has 1 aromatic rings. The van der Waals surface area contributed by atoms with Gasteiger partial charge in [0.25, 0.3) is 0 Å². The summed E-state index contributed by atoms with van der Waals surface area (Å²) in [6.07, 6.45) is 1.25. The lowest BCUT2D eigenvalue weighted by Crippen LogP contribution is -2.46. The predicted molar refractivity (Wildman–Crippen MR) is 82.6 cm³/mol. The topological polar surface area (TPSA) is 72.5 Å². The summed E-state index contributed by atoms with van der Waals surface area (Å²) in [6, 6.07) is 9.31. The van der Waals surface area contributed by atoms with Gasteiger partial charge in [-0.1, -0.05) is 37.3 Å². The van der Waals surface area contributed by atoms with Gasteiger partial charge in [-0.05, 0) is 24.2 Å². The van der Waals surface area contributed by atoms with E-state index in [4.69, 9.17) is 15.6 Å². The zero-order valence-electron chi connectivity index (χ0n) is 12.0. The number of methoxy groups -OCH3 is 1. The molecule has 3 N–H and O–H groups in total. The molecule has 0 aliphatic carbocycles. The third kappa shape index (κ3) is 4.51. The number of aliphatic hydroxyl groups excluding tert-OH is 1. The first-order chi connectivity index (χ1) is 9.54. The van der Waals surface area contributed by atoms with Gasteiger partial charge in [0.1, 0.15) is 5.54 Å². The Kier molecular flexibility index (Phi) is 7.05. The number of rotatable bonds is 8. The van der Waals surface area contributed by atoms with Crippen LogP contribution in [0.3, 0.4) is 0 Å². The van der Waals surface area contributed by atoms with Crippen LogP contribution in [-0.2, 0) is 15.1 Å². The van der Waals surface area contributed by atoms with Crippen molar-refractivity contribution in [2.75, 3.05) is 19.5 Å².